The normalized spacial score (nSPS) is 20.2. The van der Waals surface area contributed by atoms with E-state index in [0.717, 1.165) is 4.90 Å². The molecule has 0 radical (unpaired) electrons. The van der Waals surface area contributed by atoms with Gasteiger partial charge in [-0.3, -0.25) is 9.69 Å². The van der Waals surface area contributed by atoms with Gasteiger partial charge in [-0.25, -0.2) is 4.79 Å². The van der Waals surface area contributed by atoms with E-state index in [9.17, 15) is 18.4 Å². The van der Waals surface area contributed by atoms with Gasteiger partial charge in [-0.15, -0.1) is 0 Å². The van der Waals surface area contributed by atoms with E-state index in [4.69, 9.17) is 4.42 Å². The second-order valence-electron chi connectivity index (χ2n) is 6.30. The maximum Gasteiger partial charge on any atom is 0.325 e. The molecule has 1 N–H and O–H groups in total. The molecule has 5 nitrogen and oxygen atoms in total. The molecule has 1 aromatic carbocycles. The van der Waals surface area contributed by atoms with Gasteiger partial charge in [0.05, 0.1) is 6.54 Å². The van der Waals surface area contributed by atoms with Crippen LogP contribution in [-0.4, -0.2) is 22.6 Å². The number of benzene rings is 1. The van der Waals surface area contributed by atoms with Gasteiger partial charge < -0.3 is 9.73 Å². The number of carbonyl (C=O) groups is 2. The van der Waals surface area contributed by atoms with Crippen LogP contribution in [0, 0.1) is 13.8 Å². The summed E-state index contributed by atoms with van der Waals surface area (Å²) in [7, 11) is 0. The molecule has 1 aliphatic rings. The third kappa shape index (κ3) is 3.33. The summed E-state index contributed by atoms with van der Waals surface area (Å²) in [5, 5.41) is 2.73. The van der Waals surface area contributed by atoms with Crippen molar-refractivity contribution in [2.45, 2.75) is 43.5 Å². The Morgan fingerprint density at radius 1 is 1.23 bits per heavy atom. The summed E-state index contributed by atoms with van der Waals surface area (Å²) >= 11 is 0.448. The Balaban J connectivity index is 1.80. The minimum absolute atomic E-state index is 0.0652. The zero-order valence-corrected chi connectivity index (χ0v) is 15.3. The molecule has 0 bridgehead atoms. The number of amides is 3. The van der Waals surface area contributed by atoms with Crippen molar-refractivity contribution in [2.24, 2.45) is 0 Å². The molecule has 1 aromatic heterocycles. The Morgan fingerprint density at radius 2 is 1.88 bits per heavy atom. The summed E-state index contributed by atoms with van der Waals surface area (Å²) < 4.78 is 30.3. The highest BCUT2D eigenvalue weighted by molar-refractivity contribution is 7.99. The lowest BCUT2D eigenvalue weighted by molar-refractivity contribution is -0.131. The number of nitrogens with zero attached hydrogens (tertiary/aromatic N) is 1. The lowest BCUT2D eigenvalue weighted by Crippen LogP contribution is -2.41. The minimum atomic E-state index is -2.49. The van der Waals surface area contributed by atoms with Gasteiger partial charge in [0.15, 0.2) is 0 Å². The molecule has 1 saturated heterocycles. The molecule has 0 saturated carbocycles. The predicted octanol–water partition coefficient (Wildman–Crippen LogP) is 4.18. The predicted molar refractivity (Wildman–Crippen MR) is 92.9 cm³/mol. The Bertz CT molecular complexity index is 851. The van der Waals surface area contributed by atoms with Gasteiger partial charge >= 0.3 is 6.03 Å². The van der Waals surface area contributed by atoms with Gasteiger partial charge in [0.25, 0.3) is 11.7 Å². The minimum Gasteiger partial charge on any atom is -0.466 e. The van der Waals surface area contributed by atoms with Gasteiger partial charge in [0, 0.05) is 10.5 Å². The number of hydrogen-bond acceptors (Lipinski definition) is 4. The van der Waals surface area contributed by atoms with Crippen molar-refractivity contribution in [3.05, 3.63) is 53.0 Å². The molecule has 0 spiro atoms. The van der Waals surface area contributed by atoms with Gasteiger partial charge in [-0.05, 0) is 44.5 Å². The summed E-state index contributed by atoms with van der Waals surface area (Å²) in [4.78, 5) is 26.8. The van der Waals surface area contributed by atoms with Crippen LogP contribution in [0.25, 0.3) is 0 Å². The Kier molecular flexibility index (Phi) is 4.79. The van der Waals surface area contributed by atoms with E-state index in [-0.39, 0.29) is 12.5 Å². The summed E-state index contributed by atoms with van der Waals surface area (Å²) in [6.07, 6.45) is 0. The maximum atomic E-state index is 12.9. The summed E-state index contributed by atoms with van der Waals surface area (Å²) in [6.45, 7) is 5.23. The van der Waals surface area contributed by atoms with Gasteiger partial charge in [-0.2, -0.15) is 8.78 Å². The van der Waals surface area contributed by atoms with Crippen molar-refractivity contribution >= 4 is 23.7 Å². The third-order valence-corrected chi connectivity index (χ3v) is 5.07. The Hall–Kier alpha value is -2.35. The molecule has 1 fully saturated rings. The van der Waals surface area contributed by atoms with Crippen LogP contribution in [0.15, 0.2) is 39.6 Å². The first-order chi connectivity index (χ1) is 12.2. The average Bonchev–Trinajstić information content (AvgIpc) is 3.01. The molecule has 138 valence electrons. The van der Waals surface area contributed by atoms with Crippen LogP contribution < -0.4 is 5.32 Å². The largest absolute Gasteiger partial charge is 0.466 e. The molecule has 8 heteroatoms. The van der Waals surface area contributed by atoms with Crippen molar-refractivity contribution in [1.82, 2.24) is 10.2 Å². The van der Waals surface area contributed by atoms with Crippen molar-refractivity contribution < 1.29 is 22.8 Å². The highest BCUT2D eigenvalue weighted by Gasteiger charge is 2.50. The first-order valence-electron chi connectivity index (χ1n) is 7.96. The zero-order valence-electron chi connectivity index (χ0n) is 14.5. The topological polar surface area (TPSA) is 62.6 Å². The number of furan rings is 1. The lowest BCUT2D eigenvalue weighted by Gasteiger charge is -2.21. The van der Waals surface area contributed by atoms with Gasteiger partial charge in [0.2, 0.25) is 0 Å². The zero-order chi connectivity index (χ0) is 19.1. The molecule has 3 rings (SSSR count). The van der Waals surface area contributed by atoms with Crippen molar-refractivity contribution in [1.29, 1.82) is 0 Å². The highest BCUT2D eigenvalue weighted by Crippen LogP contribution is 2.33. The maximum absolute atomic E-state index is 12.9. The molecular weight excluding hydrogens is 362 g/mol. The van der Waals surface area contributed by atoms with Crippen molar-refractivity contribution in [2.75, 3.05) is 0 Å². The number of urea groups is 1. The van der Waals surface area contributed by atoms with E-state index in [2.05, 4.69) is 5.32 Å². The molecule has 0 aliphatic carbocycles. The van der Waals surface area contributed by atoms with Gasteiger partial charge in [-0.1, -0.05) is 23.9 Å². The number of alkyl halides is 2. The average molecular weight is 380 g/mol. The second-order valence-corrected chi connectivity index (χ2v) is 7.36. The Labute approximate surface area is 153 Å². The van der Waals surface area contributed by atoms with Crippen LogP contribution in [0.5, 0.6) is 0 Å². The first kappa shape index (κ1) is 18.4. The molecular formula is C18H18F2N2O3S. The molecule has 3 amide bonds. The molecule has 1 unspecified atom stereocenters. The lowest BCUT2D eigenvalue weighted by atomic mass is 9.92. The van der Waals surface area contributed by atoms with Crippen LogP contribution in [-0.2, 0) is 16.9 Å². The number of halogens is 2. The van der Waals surface area contributed by atoms with Crippen molar-refractivity contribution in [3.63, 3.8) is 0 Å². The van der Waals surface area contributed by atoms with Crippen LogP contribution in [0.2, 0.25) is 0 Å². The van der Waals surface area contributed by atoms with Crippen LogP contribution in [0.1, 0.15) is 29.6 Å². The number of imide groups is 1. The van der Waals surface area contributed by atoms with Crippen LogP contribution in [0.3, 0.4) is 0 Å². The summed E-state index contributed by atoms with van der Waals surface area (Å²) in [5.74, 6) is -1.63. The third-order valence-electron chi connectivity index (χ3n) is 4.34. The summed E-state index contributed by atoms with van der Waals surface area (Å²) in [6, 6.07) is 7.61. The SMILES string of the molecule is Cc1cc(C2(C)NC(=O)N(Cc3ccc(SC(F)F)cc3)C2=O)c(C)o1. The fraction of sp³-hybridized carbons (Fsp3) is 0.333. The number of carbonyl (C=O) groups excluding carboxylic acids is 2. The molecule has 2 aromatic rings. The molecule has 1 aliphatic heterocycles. The molecule has 2 heterocycles. The number of hydrogen-bond donors (Lipinski definition) is 1. The fourth-order valence-electron chi connectivity index (χ4n) is 3.11. The van der Waals surface area contributed by atoms with Gasteiger partial charge in [0.1, 0.15) is 17.1 Å². The quantitative estimate of drug-likeness (QED) is 0.624. The van der Waals surface area contributed by atoms with E-state index in [0.29, 0.717) is 39.3 Å². The second kappa shape index (κ2) is 6.75. The fourth-order valence-corrected chi connectivity index (χ4v) is 3.61. The Morgan fingerprint density at radius 3 is 2.42 bits per heavy atom. The van der Waals surface area contributed by atoms with E-state index in [1.165, 1.54) is 0 Å². The van der Waals surface area contributed by atoms with E-state index in [1.807, 2.05) is 0 Å². The number of nitrogens with one attached hydrogen (secondary N) is 1. The number of thioether (sulfide) groups is 1. The summed E-state index contributed by atoms with van der Waals surface area (Å²) in [5.41, 5.74) is 0.112. The standard InChI is InChI=1S/C18H18F2N2O3S/c1-10-8-14(11(2)25-10)18(3)15(23)22(17(24)21-18)9-12-4-6-13(7-5-12)26-16(19)20/h4-8,16H,9H2,1-3H3,(H,21,24). The smallest absolute Gasteiger partial charge is 0.325 e. The molecule has 1 atom stereocenters. The van der Waals surface area contributed by atoms with Crippen molar-refractivity contribution in [3.8, 4) is 0 Å². The van der Waals surface area contributed by atoms with Crippen LogP contribution >= 0.6 is 11.8 Å². The molecule has 26 heavy (non-hydrogen) atoms. The number of aryl methyl sites for hydroxylation is 2. The number of rotatable bonds is 5. The first-order valence-corrected chi connectivity index (χ1v) is 8.84. The monoisotopic (exact) mass is 380 g/mol. The van der Waals surface area contributed by atoms with E-state index < -0.39 is 17.3 Å². The van der Waals surface area contributed by atoms with E-state index >= 15 is 0 Å². The highest BCUT2D eigenvalue weighted by atomic mass is 32.2. The van der Waals surface area contributed by atoms with E-state index in [1.54, 1.807) is 51.1 Å². The van der Waals surface area contributed by atoms with Crippen LogP contribution in [0.4, 0.5) is 13.6 Å².